The van der Waals surface area contributed by atoms with Crippen LogP contribution >= 0.6 is 0 Å². The van der Waals surface area contributed by atoms with Crippen LogP contribution < -0.4 is 5.32 Å². The van der Waals surface area contributed by atoms with Crippen molar-refractivity contribution in [2.75, 3.05) is 26.7 Å². The highest BCUT2D eigenvalue weighted by Gasteiger charge is 2.13. The van der Waals surface area contributed by atoms with Gasteiger partial charge in [-0.3, -0.25) is 0 Å². The first-order valence-electron chi connectivity index (χ1n) is 6.27. The Morgan fingerprint density at radius 2 is 1.87 bits per heavy atom. The second-order valence-electron chi connectivity index (χ2n) is 5.90. The molecule has 0 bridgehead atoms. The third-order valence-corrected chi connectivity index (χ3v) is 2.47. The maximum Gasteiger partial charge on any atom is 0.00390 e. The number of nitrogens with zero attached hydrogens (tertiary/aromatic N) is 1. The molecule has 0 aliphatic rings. The number of nitrogens with one attached hydrogen (secondary N) is 1. The fourth-order valence-corrected chi connectivity index (χ4v) is 2.01. The molecule has 0 aliphatic heterocycles. The minimum Gasteiger partial charge on any atom is -0.315 e. The van der Waals surface area contributed by atoms with Gasteiger partial charge in [-0.25, -0.2) is 0 Å². The van der Waals surface area contributed by atoms with Crippen LogP contribution in [0.15, 0.2) is 0 Å². The summed E-state index contributed by atoms with van der Waals surface area (Å²) >= 11 is 0. The van der Waals surface area contributed by atoms with Crippen LogP contribution in [0.2, 0.25) is 0 Å². The molecule has 0 aromatic rings. The smallest absolute Gasteiger partial charge is 0.00390 e. The van der Waals surface area contributed by atoms with Gasteiger partial charge in [0.05, 0.1) is 0 Å². The molecular formula is C13H30N2. The molecule has 1 atom stereocenters. The second-order valence-corrected chi connectivity index (χ2v) is 5.90. The van der Waals surface area contributed by atoms with E-state index in [0.717, 1.165) is 6.54 Å². The van der Waals surface area contributed by atoms with Crippen LogP contribution in [0.25, 0.3) is 0 Å². The van der Waals surface area contributed by atoms with Crippen molar-refractivity contribution in [3.05, 3.63) is 0 Å². The van der Waals surface area contributed by atoms with Crippen molar-refractivity contribution in [2.24, 2.45) is 5.41 Å². The standard InChI is InChI=1S/C13H30N2/c1-7-14-12(2)9-8-10-15(6)11-13(3,4)5/h12,14H,7-11H2,1-6H3. The second kappa shape index (κ2) is 7.24. The van der Waals surface area contributed by atoms with E-state index in [1.165, 1.54) is 25.9 Å². The largest absolute Gasteiger partial charge is 0.315 e. The maximum atomic E-state index is 3.45. The zero-order valence-electron chi connectivity index (χ0n) is 11.6. The lowest BCUT2D eigenvalue weighted by Gasteiger charge is -2.26. The predicted octanol–water partition coefficient (Wildman–Crippen LogP) is 2.74. The van der Waals surface area contributed by atoms with Crippen LogP contribution in [0.4, 0.5) is 0 Å². The molecule has 0 radical (unpaired) electrons. The van der Waals surface area contributed by atoms with Gasteiger partial charge >= 0.3 is 0 Å². The lowest BCUT2D eigenvalue weighted by Crippen LogP contribution is -2.31. The highest BCUT2D eigenvalue weighted by Crippen LogP contribution is 2.14. The van der Waals surface area contributed by atoms with E-state index in [-0.39, 0.29) is 0 Å². The van der Waals surface area contributed by atoms with E-state index in [1.807, 2.05) is 0 Å². The van der Waals surface area contributed by atoms with Gasteiger partial charge in [0.2, 0.25) is 0 Å². The van der Waals surface area contributed by atoms with E-state index in [0.29, 0.717) is 11.5 Å². The topological polar surface area (TPSA) is 15.3 Å². The van der Waals surface area contributed by atoms with Crippen molar-refractivity contribution in [3.63, 3.8) is 0 Å². The Hall–Kier alpha value is -0.0800. The minimum absolute atomic E-state index is 0.419. The number of rotatable bonds is 7. The molecule has 2 nitrogen and oxygen atoms in total. The highest BCUT2D eigenvalue weighted by atomic mass is 15.1. The summed E-state index contributed by atoms with van der Waals surface area (Å²) in [5.74, 6) is 0. The normalized spacial score (nSPS) is 14.6. The fourth-order valence-electron chi connectivity index (χ4n) is 2.01. The minimum atomic E-state index is 0.419. The SMILES string of the molecule is CCNC(C)CCCN(C)CC(C)(C)C. The summed E-state index contributed by atoms with van der Waals surface area (Å²) in [6.07, 6.45) is 2.57. The van der Waals surface area contributed by atoms with Crippen molar-refractivity contribution >= 4 is 0 Å². The molecule has 0 saturated heterocycles. The van der Waals surface area contributed by atoms with Crippen LogP contribution in [0, 0.1) is 5.41 Å². The van der Waals surface area contributed by atoms with E-state index in [1.54, 1.807) is 0 Å². The Kier molecular flexibility index (Phi) is 7.20. The predicted molar refractivity (Wildman–Crippen MR) is 69.3 cm³/mol. The zero-order chi connectivity index (χ0) is 11.9. The third-order valence-electron chi connectivity index (χ3n) is 2.47. The Bertz CT molecular complexity index is 149. The maximum absolute atomic E-state index is 3.45. The average Bonchev–Trinajstić information content (AvgIpc) is 2.00. The van der Waals surface area contributed by atoms with Gasteiger partial charge in [0.15, 0.2) is 0 Å². The van der Waals surface area contributed by atoms with Gasteiger partial charge in [0.25, 0.3) is 0 Å². The van der Waals surface area contributed by atoms with Gasteiger partial charge in [0.1, 0.15) is 0 Å². The molecule has 0 aromatic carbocycles. The van der Waals surface area contributed by atoms with Gasteiger partial charge in [-0.2, -0.15) is 0 Å². The first-order valence-corrected chi connectivity index (χ1v) is 6.27. The fraction of sp³-hybridized carbons (Fsp3) is 1.00. The van der Waals surface area contributed by atoms with Crippen molar-refractivity contribution in [1.29, 1.82) is 0 Å². The third kappa shape index (κ3) is 10.2. The zero-order valence-corrected chi connectivity index (χ0v) is 11.6. The summed E-state index contributed by atoms with van der Waals surface area (Å²) in [6, 6.07) is 0.665. The van der Waals surface area contributed by atoms with Gasteiger partial charge in [0, 0.05) is 12.6 Å². The van der Waals surface area contributed by atoms with E-state index in [9.17, 15) is 0 Å². The first kappa shape index (κ1) is 14.9. The Morgan fingerprint density at radius 3 is 2.33 bits per heavy atom. The van der Waals surface area contributed by atoms with Crippen LogP contribution in [-0.4, -0.2) is 37.6 Å². The molecule has 0 amide bonds. The summed E-state index contributed by atoms with van der Waals surface area (Å²) in [5, 5.41) is 3.45. The van der Waals surface area contributed by atoms with Gasteiger partial charge < -0.3 is 10.2 Å². The Morgan fingerprint density at radius 1 is 1.27 bits per heavy atom. The number of hydrogen-bond donors (Lipinski definition) is 1. The molecule has 2 heteroatoms. The van der Waals surface area contributed by atoms with Crippen LogP contribution in [0.3, 0.4) is 0 Å². The van der Waals surface area contributed by atoms with Gasteiger partial charge in [-0.05, 0) is 45.3 Å². The van der Waals surface area contributed by atoms with Crippen molar-refractivity contribution in [1.82, 2.24) is 10.2 Å². The molecule has 0 fully saturated rings. The molecule has 1 N–H and O–H groups in total. The molecule has 15 heavy (non-hydrogen) atoms. The molecular weight excluding hydrogens is 184 g/mol. The van der Waals surface area contributed by atoms with Crippen LogP contribution in [-0.2, 0) is 0 Å². The van der Waals surface area contributed by atoms with E-state index in [2.05, 4.69) is 51.9 Å². The summed E-state index contributed by atoms with van der Waals surface area (Å²) < 4.78 is 0. The van der Waals surface area contributed by atoms with E-state index < -0.39 is 0 Å². The summed E-state index contributed by atoms with van der Waals surface area (Å²) in [7, 11) is 2.23. The molecule has 0 saturated carbocycles. The van der Waals surface area contributed by atoms with E-state index in [4.69, 9.17) is 0 Å². The molecule has 0 aliphatic carbocycles. The summed E-state index contributed by atoms with van der Waals surface area (Å²) in [5.41, 5.74) is 0.419. The molecule has 1 unspecified atom stereocenters. The van der Waals surface area contributed by atoms with Crippen LogP contribution in [0.5, 0.6) is 0 Å². The Labute approximate surface area is 96.4 Å². The lowest BCUT2D eigenvalue weighted by molar-refractivity contribution is 0.222. The average molecular weight is 214 g/mol. The molecule has 0 aromatic heterocycles. The Balaban J connectivity index is 3.50. The van der Waals surface area contributed by atoms with Crippen molar-refractivity contribution < 1.29 is 0 Å². The van der Waals surface area contributed by atoms with Crippen molar-refractivity contribution in [3.8, 4) is 0 Å². The lowest BCUT2D eigenvalue weighted by atomic mass is 9.96. The van der Waals surface area contributed by atoms with Crippen molar-refractivity contribution in [2.45, 2.75) is 53.5 Å². The quantitative estimate of drug-likeness (QED) is 0.701. The van der Waals surface area contributed by atoms with Gasteiger partial charge in [-0.1, -0.05) is 27.7 Å². The molecule has 0 spiro atoms. The monoisotopic (exact) mass is 214 g/mol. The summed E-state index contributed by atoms with van der Waals surface area (Å²) in [6.45, 7) is 14.8. The number of hydrogen-bond acceptors (Lipinski definition) is 2. The molecule has 0 heterocycles. The van der Waals surface area contributed by atoms with E-state index >= 15 is 0 Å². The summed E-state index contributed by atoms with van der Waals surface area (Å²) in [4.78, 5) is 2.44. The van der Waals surface area contributed by atoms with Crippen LogP contribution in [0.1, 0.15) is 47.5 Å². The highest BCUT2D eigenvalue weighted by molar-refractivity contribution is 4.67. The first-order chi connectivity index (χ1) is 6.85. The molecule has 92 valence electrons. The van der Waals surface area contributed by atoms with Gasteiger partial charge in [-0.15, -0.1) is 0 Å². The molecule has 0 rings (SSSR count).